The fourth-order valence-electron chi connectivity index (χ4n) is 4.03. The number of benzene rings is 2. The number of hydrogen-bond acceptors (Lipinski definition) is 8. The predicted octanol–water partition coefficient (Wildman–Crippen LogP) is 4.27. The van der Waals surface area contributed by atoms with Gasteiger partial charge in [0.25, 0.3) is 0 Å². The third kappa shape index (κ3) is 4.05. The molecule has 4 rings (SSSR count). The monoisotopic (exact) mass is 531 g/mol. The Labute approximate surface area is 204 Å². The summed E-state index contributed by atoms with van der Waals surface area (Å²) in [6.45, 7) is 0. The van der Waals surface area contributed by atoms with Crippen LogP contribution in [0.25, 0.3) is 5.70 Å². The molecule has 2 aromatic carbocycles. The summed E-state index contributed by atoms with van der Waals surface area (Å²) in [5, 5.41) is 12.5. The maximum absolute atomic E-state index is 13.2. The summed E-state index contributed by atoms with van der Waals surface area (Å²) in [5.41, 5.74) is 0.308. The van der Waals surface area contributed by atoms with Gasteiger partial charge in [-0.05, 0) is 29.8 Å². The minimum atomic E-state index is -1.62. The number of hydrogen-bond donors (Lipinski definition) is 1. The minimum absolute atomic E-state index is 0.0316. The molecule has 0 aliphatic carbocycles. The number of allylic oxidation sites excluding steroid dienone is 2. The lowest BCUT2D eigenvalue weighted by Gasteiger charge is -2.41. The summed E-state index contributed by atoms with van der Waals surface area (Å²) in [7, 11) is 4.33. The molecule has 0 spiro atoms. The molecule has 1 atom stereocenters. The SMILES string of the molecule is COC(=O)C1(Cc2ccc(OC)cc2OC)C=CC2=C(c3ccc(Br)cc3SCC2=O)N1O. The lowest BCUT2D eigenvalue weighted by atomic mass is 9.84. The van der Waals surface area contributed by atoms with Crippen LogP contribution in [0.3, 0.4) is 0 Å². The van der Waals surface area contributed by atoms with Crippen LogP contribution in [0, 0.1) is 0 Å². The molecule has 1 N–H and O–H groups in total. The van der Waals surface area contributed by atoms with Crippen molar-refractivity contribution in [2.24, 2.45) is 0 Å². The number of esters is 1. The second-order valence-corrected chi connectivity index (χ2v) is 9.46. The average Bonchev–Trinajstić information content (AvgIpc) is 2.97. The smallest absolute Gasteiger partial charge is 0.338 e. The lowest BCUT2D eigenvalue weighted by molar-refractivity contribution is -0.170. The van der Waals surface area contributed by atoms with Gasteiger partial charge in [0, 0.05) is 33.0 Å². The number of carbonyl (C=O) groups excluding carboxylic acids is 2. The summed E-state index contributed by atoms with van der Waals surface area (Å²) in [5.74, 6) is 0.499. The minimum Gasteiger partial charge on any atom is -0.497 e. The summed E-state index contributed by atoms with van der Waals surface area (Å²) < 4.78 is 16.7. The van der Waals surface area contributed by atoms with Gasteiger partial charge in [-0.15, -0.1) is 11.8 Å². The van der Waals surface area contributed by atoms with Crippen molar-refractivity contribution in [3.05, 3.63) is 69.7 Å². The van der Waals surface area contributed by atoms with E-state index < -0.39 is 11.5 Å². The molecule has 2 aliphatic heterocycles. The Hall–Kier alpha value is -2.75. The molecule has 9 heteroatoms. The van der Waals surface area contributed by atoms with E-state index in [4.69, 9.17) is 14.2 Å². The highest BCUT2D eigenvalue weighted by Crippen LogP contribution is 2.44. The number of fused-ring (bicyclic) bond motifs is 2. The molecule has 33 heavy (non-hydrogen) atoms. The molecule has 172 valence electrons. The van der Waals surface area contributed by atoms with Crippen molar-refractivity contribution in [3.8, 4) is 11.5 Å². The summed E-state index contributed by atoms with van der Waals surface area (Å²) >= 11 is 4.85. The Morgan fingerprint density at radius 2 is 1.97 bits per heavy atom. The number of rotatable bonds is 5. The summed E-state index contributed by atoms with van der Waals surface area (Å²) in [6.07, 6.45) is 3.16. The van der Waals surface area contributed by atoms with E-state index in [0.717, 1.165) is 14.4 Å². The van der Waals surface area contributed by atoms with Crippen LogP contribution in [0.15, 0.2) is 63.5 Å². The third-order valence-corrected chi connectivity index (χ3v) is 7.27. The number of ketones is 1. The van der Waals surface area contributed by atoms with Crippen molar-refractivity contribution in [3.63, 3.8) is 0 Å². The van der Waals surface area contributed by atoms with Gasteiger partial charge in [0.15, 0.2) is 11.3 Å². The largest absolute Gasteiger partial charge is 0.497 e. The Morgan fingerprint density at radius 3 is 2.67 bits per heavy atom. The molecule has 2 aliphatic rings. The quantitative estimate of drug-likeness (QED) is 0.572. The predicted molar refractivity (Wildman–Crippen MR) is 128 cm³/mol. The Kier molecular flexibility index (Phi) is 6.56. The second kappa shape index (κ2) is 9.24. The van der Waals surface area contributed by atoms with Gasteiger partial charge in [-0.25, -0.2) is 9.86 Å². The topological polar surface area (TPSA) is 85.3 Å². The normalized spacial score (nSPS) is 19.5. The standard InChI is InChI=1S/C24H22BrNO6S/c1-30-16-6-4-14(20(11-16)31-2)12-24(23(28)32-3)9-8-17-19(27)13-33-21-10-15(25)5-7-18(21)22(17)26(24)29/h4-11,29H,12-13H2,1-3H3. The van der Waals surface area contributed by atoms with Gasteiger partial charge in [-0.3, -0.25) is 10.0 Å². The highest BCUT2D eigenvalue weighted by molar-refractivity contribution is 9.10. The maximum Gasteiger partial charge on any atom is 0.338 e. The molecule has 0 radical (unpaired) electrons. The first-order chi connectivity index (χ1) is 15.8. The van der Waals surface area contributed by atoms with Gasteiger partial charge in [0.2, 0.25) is 0 Å². The van der Waals surface area contributed by atoms with E-state index >= 15 is 0 Å². The van der Waals surface area contributed by atoms with Crippen molar-refractivity contribution in [2.75, 3.05) is 27.1 Å². The average molecular weight is 532 g/mol. The van der Waals surface area contributed by atoms with Crippen molar-refractivity contribution >= 4 is 45.1 Å². The molecule has 0 fully saturated rings. The molecule has 2 aromatic rings. The van der Waals surface area contributed by atoms with Crippen LogP contribution in [0.2, 0.25) is 0 Å². The zero-order valence-electron chi connectivity index (χ0n) is 18.3. The van der Waals surface area contributed by atoms with E-state index in [0.29, 0.717) is 28.2 Å². The van der Waals surface area contributed by atoms with Gasteiger partial charge in [0.1, 0.15) is 11.5 Å². The number of hydroxylamine groups is 2. The fraction of sp³-hybridized carbons (Fsp3) is 0.250. The Balaban J connectivity index is 1.87. The third-order valence-electron chi connectivity index (χ3n) is 5.72. The molecule has 0 bridgehead atoms. The Bertz CT molecular complexity index is 1190. The molecule has 0 saturated heterocycles. The lowest BCUT2D eigenvalue weighted by Crippen LogP contribution is -2.54. The summed E-state index contributed by atoms with van der Waals surface area (Å²) in [6, 6.07) is 10.8. The van der Waals surface area contributed by atoms with E-state index in [1.165, 1.54) is 32.1 Å². The van der Waals surface area contributed by atoms with Crippen LogP contribution in [-0.2, 0) is 20.7 Å². The fourth-order valence-corrected chi connectivity index (χ4v) is 5.51. The van der Waals surface area contributed by atoms with Crippen molar-refractivity contribution < 1.29 is 29.0 Å². The van der Waals surface area contributed by atoms with Crippen LogP contribution in [0.4, 0.5) is 0 Å². The van der Waals surface area contributed by atoms with E-state index in [1.54, 1.807) is 31.4 Å². The van der Waals surface area contributed by atoms with Crippen LogP contribution in [-0.4, -0.2) is 54.6 Å². The highest BCUT2D eigenvalue weighted by Gasteiger charge is 2.49. The number of ether oxygens (including phenoxy) is 3. The van der Waals surface area contributed by atoms with Crippen molar-refractivity contribution in [1.82, 2.24) is 5.06 Å². The second-order valence-electron chi connectivity index (χ2n) is 7.53. The first-order valence-electron chi connectivity index (χ1n) is 10.0. The van der Waals surface area contributed by atoms with Gasteiger partial charge in [0.05, 0.1) is 32.8 Å². The van der Waals surface area contributed by atoms with E-state index in [9.17, 15) is 14.8 Å². The van der Waals surface area contributed by atoms with Crippen molar-refractivity contribution in [2.45, 2.75) is 16.9 Å². The van der Waals surface area contributed by atoms with E-state index in [1.807, 2.05) is 18.2 Å². The molecule has 0 amide bonds. The first kappa shape index (κ1) is 23.4. The summed E-state index contributed by atoms with van der Waals surface area (Å²) in [4.78, 5) is 26.9. The maximum atomic E-state index is 13.2. The molecule has 7 nitrogen and oxygen atoms in total. The van der Waals surface area contributed by atoms with Gasteiger partial charge < -0.3 is 14.2 Å². The zero-order chi connectivity index (χ0) is 23.8. The molecule has 2 heterocycles. The van der Waals surface area contributed by atoms with Crippen LogP contribution in [0.5, 0.6) is 11.5 Å². The number of halogens is 1. The Morgan fingerprint density at radius 1 is 1.18 bits per heavy atom. The molecular formula is C24H22BrNO6S. The first-order valence-corrected chi connectivity index (χ1v) is 11.8. The number of nitrogens with zero attached hydrogens (tertiary/aromatic N) is 1. The van der Waals surface area contributed by atoms with Gasteiger partial charge >= 0.3 is 5.97 Å². The van der Waals surface area contributed by atoms with E-state index in [-0.39, 0.29) is 23.7 Å². The number of methoxy groups -OCH3 is 3. The molecule has 1 unspecified atom stereocenters. The molecule has 0 aromatic heterocycles. The molecule has 0 saturated carbocycles. The number of carbonyl (C=O) groups is 2. The van der Waals surface area contributed by atoms with Crippen LogP contribution in [0.1, 0.15) is 11.1 Å². The van der Waals surface area contributed by atoms with E-state index in [2.05, 4.69) is 15.9 Å². The van der Waals surface area contributed by atoms with Crippen molar-refractivity contribution in [1.29, 1.82) is 0 Å². The van der Waals surface area contributed by atoms with Crippen LogP contribution < -0.4 is 9.47 Å². The van der Waals surface area contributed by atoms with Gasteiger partial charge in [-0.1, -0.05) is 34.1 Å². The molecular weight excluding hydrogens is 510 g/mol. The number of thioether (sulfide) groups is 1. The highest BCUT2D eigenvalue weighted by atomic mass is 79.9. The van der Waals surface area contributed by atoms with Crippen LogP contribution >= 0.6 is 27.7 Å². The van der Waals surface area contributed by atoms with Gasteiger partial charge in [-0.2, -0.15) is 0 Å². The zero-order valence-corrected chi connectivity index (χ0v) is 20.7. The number of Topliss-reactive ketones (excluding diaryl/α,β-unsaturated/α-hetero) is 1.